The Bertz CT molecular complexity index is 537. The molecule has 1 aromatic carbocycles. The molecule has 1 rings (SSSR count). The largest absolute Gasteiger partial charge is 0.462 e. The first kappa shape index (κ1) is 14.6. The molecule has 0 atom stereocenters. The molecule has 7 heteroatoms. The second-order valence-corrected chi connectivity index (χ2v) is 3.23. The third-order valence-electron chi connectivity index (χ3n) is 2.14. The number of hydrogen-bond acceptors (Lipinski definition) is 5. The summed E-state index contributed by atoms with van der Waals surface area (Å²) in [5.74, 6) is -1.51. The number of carbonyl (C=O) groups excluding carboxylic acids is 2. The van der Waals surface area contributed by atoms with Gasteiger partial charge in [-0.05, 0) is 19.1 Å². The minimum Gasteiger partial charge on any atom is -0.462 e. The predicted octanol–water partition coefficient (Wildman–Crippen LogP) is 2.15. The van der Waals surface area contributed by atoms with Crippen molar-refractivity contribution in [2.75, 3.05) is 6.61 Å². The van der Waals surface area contributed by atoms with Crippen LogP contribution in [0.5, 0.6) is 5.75 Å². The van der Waals surface area contributed by atoms with Crippen molar-refractivity contribution in [2.45, 2.75) is 13.5 Å². The van der Waals surface area contributed by atoms with Crippen molar-refractivity contribution in [3.63, 3.8) is 0 Å². The predicted molar refractivity (Wildman–Crippen MR) is 59.1 cm³/mol. The Morgan fingerprint density at radius 3 is 2.68 bits per heavy atom. The van der Waals surface area contributed by atoms with E-state index in [4.69, 9.17) is 5.26 Å². The van der Waals surface area contributed by atoms with Crippen LogP contribution in [0.15, 0.2) is 12.1 Å². The molecule has 0 radical (unpaired) electrons. The van der Waals surface area contributed by atoms with E-state index in [2.05, 4.69) is 9.47 Å². The molecule has 0 saturated carbocycles. The number of nitrogens with zero attached hydrogens (tertiary/aromatic N) is 1. The minimum absolute atomic E-state index is 0.0119. The molecular weight excluding hydrogens is 260 g/mol. The number of carbonyl (C=O) groups is 2. The van der Waals surface area contributed by atoms with E-state index in [1.165, 1.54) is 6.92 Å². The van der Waals surface area contributed by atoms with Crippen LogP contribution in [0.4, 0.5) is 8.78 Å². The van der Waals surface area contributed by atoms with Crippen LogP contribution in [0.3, 0.4) is 0 Å². The van der Waals surface area contributed by atoms with Crippen LogP contribution in [0.25, 0.3) is 0 Å². The van der Waals surface area contributed by atoms with E-state index in [1.807, 2.05) is 0 Å². The van der Waals surface area contributed by atoms with Crippen LogP contribution in [-0.2, 0) is 4.74 Å². The third kappa shape index (κ3) is 3.25. The SMILES string of the molecule is CCOC(=O)c1c(OC(F)F)ccc(C#N)c1C=O. The van der Waals surface area contributed by atoms with Crippen molar-refractivity contribution in [1.29, 1.82) is 5.26 Å². The van der Waals surface area contributed by atoms with Gasteiger partial charge in [0.25, 0.3) is 0 Å². The Hall–Kier alpha value is -2.49. The molecule has 19 heavy (non-hydrogen) atoms. The van der Waals surface area contributed by atoms with Gasteiger partial charge in [-0.2, -0.15) is 14.0 Å². The number of ether oxygens (including phenoxy) is 2. The fourth-order valence-electron chi connectivity index (χ4n) is 1.43. The second kappa shape index (κ2) is 6.44. The lowest BCUT2D eigenvalue weighted by molar-refractivity contribution is -0.0504. The number of hydrogen-bond donors (Lipinski definition) is 0. The highest BCUT2D eigenvalue weighted by Gasteiger charge is 2.23. The van der Waals surface area contributed by atoms with Crippen molar-refractivity contribution in [3.05, 3.63) is 28.8 Å². The number of halogens is 2. The van der Waals surface area contributed by atoms with E-state index < -0.39 is 23.9 Å². The van der Waals surface area contributed by atoms with Gasteiger partial charge in [0.05, 0.1) is 23.8 Å². The molecule has 0 heterocycles. The fraction of sp³-hybridized carbons (Fsp3) is 0.250. The van der Waals surface area contributed by atoms with Gasteiger partial charge in [-0.15, -0.1) is 0 Å². The zero-order chi connectivity index (χ0) is 14.4. The van der Waals surface area contributed by atoms with Crippen LogP contribution >= 0.6 is 0 Å². The highest BCUT2D eigenvalue weighted by molar-refractivity contribution is 6.02. The average molecular weight is 269 g/mol. The molecule has 0 amide bonds. The molecular formula is C12H9F2NO4. The molecule has 100 valence electrons. The molecule has 0 aliphatic carbocycles. The molecule has 0 bridgehead atoms. The molecule has 0 saturated heterocycles. The molecule has 0 N–H and O–H groups in total. The van der Waals surface area contributed by atoms with Gasteiger partial charge in [-0.25, -0.2) is 4.79 Å². The van der Waals surface area contributed by atoms with Gasteiger partial charge in [0.2, 0.25) is 0 Å². The number of rotatable bonds is 5. The first-order valence-corrected chi connectivity index (χ1v) is 5.19. The molecule has 0 aliphatic rings. The maximum atomic E-state index is 12.2. The van der Waals surface area contributed by atoms with E-state index in [9.17, 15) is 18.4 Å². The van der Waals surface area contributed by atoms with Crippen molar-refractivity contribution in [1.82, 2.24) is 0 Å². The summed E-state index contributed by atoms with van der Waals surface area (Å²) < 4.78 is 33.3. The van der Waals surface area contributed by atoms with Gasteiger partial charge in [0.15, 0.2) is 6.29 Å². The number of aldehydes is 1. The highest BCUT2D eigenvalue weighted by Crippen LogP contribution is 2.27. The van der Waals surface area contributed by atoms with Crippen molar-refractivity contribution >= 4 is 12.3 Å². The summed E-state index contributed by atoms with van der Waals surface area (Å²) >= 11 is 0. The van der Waals surface area contributed by atoms with Gasteiger partial charge in [0.1, 0.15) is 11.3 Å². The van der Waals surface area contributed by atoms with Gasteiger partial charge >= 0.3 is 12.6 Å². The third-order valence-corrected chi connectivity index (χ3v) is 2.14. The Labute approximate surface area is 107 Å². The number of esters is 1. The maximum Gasteiger partial charge on any atom is 0.387 e. The maximum absolute atomic E-state index is 12.2. The summed E-state index contributed by atoms with van der Waals surface area (Å²) in [4.78, 5) is 22.6. The molecule has 0 aliphatic heterocycles. The zero-order valence-electron chi connectivity index (χ0n) is 9.85. The van der Waals surface area contributed by atoms with Crippen molar-refractivity contribution in [2.24, 2.45) is 0 Å². The normalized spacial score (nSPS) is 9.84. The number of alkyl halides is 2. The Morgan fingerprint density at radius 1 is 1.53 bits per heavy atom. The Balaban J connectivity index is 3.44. The molecule has 1 aromatic rings. The van der Waals surface area contributed by atoms with Crippen LogP contribution in [0.1, 0.15) is 33.2 Å². The van der Waals surface area contributed by atoms with Crippen molar-refractivity contribution < 1.29 is 27.8 Å². The quantitative estimate of drug-likeness (QED) is 0.604. The topological polar surface area (TPSA) is 76.4 Å². The van der Waals surface area contributed by atoms with E-state index in [1.54, 1.807) is 6.07 Å². The smallest absolute Gasteiger partial charge is 0.387 e. The van der Waals surface area contributed by atoms with Crippen molar-refractivity contribution in [3.8, 4) is 11.8 Å². The first-order valence-electron chi connectivity index (χ1n) is 5.19. The van der Waals surface area contributed by atoms with E-state index >= 15 is 0 Å². The fourth-order valence-corrected chi connectivity index (χ4v) is 1.43. The average Bonchev–Trinajstić information content (AvgIpc) is 2.37. The van der Waals surface area contributed by atoms with Crippen LogP contribution in [-0.4, -0.2) is 25.5 Å². The van der Waals surface area contributed by atoms with Crippen LogP contribution in [0.2, 0.25) is 0 Å². The summed E-state index contributed by atoms with van der Waals surface area (Å²) in [5.41, 5.74) is -0.935. The minimum atomic E-state index is -3.17. The molecule has 5 nitrogen and oxygen atoms in total. The Morgan fingerprint density at radius 2 is 2.21 bits per heavy atom. The lowest BCUT2D eigenvalue weighted by atomic mass is 10.0. The highest BCUT2D eigenvalue weighted by atomic mass is 19.3. The second-order valence-electron chi connectivity index (χ2n) is 3.23. The molecule has 0 unspecified atom stereocenters. The molecule has 0 spiro atoms. The standard InChI is InChI=1S/C12H9F2NO4/c1-2-18-11(17)10-8(6-16)7(5-15)3-4-9(10)19-12(13)14/h3-4,6,12H,2H2,1H3. The lowest BCUT2D eigenvalue weighted by Crippen LogP contribution is -2.14. The van der Waals surface area contributed by atoms with Gasteiger partial charge in [0, 0.05) is 0 Å². The van der Waals surface area contributed by atoms with E-state index in [-0.39, 0.29) is 24.0 Å². The number of nitriles is 1. The molecule has 0 fully saturated rings. The lowest BCUT2D eigenvalue weighted by Gasteiger charge is -2.12. The van der Waals surface area contributed by atoms with Crippen LogP contribution in [0, 0.1) is 11.3 Å². The zero-order valence-corrected chi connectivity index (χ0v) is 9.85. The summed E-state index contributed by atoms with van der Waals surface area (Å²) in [6.07, 6.45) is 0.225. The first-order chi connectivity index (χ1) is 9.04. The van der Waals surface area contributed by atoms with Gasteiger partial charge < -0.3 is 9.47 Å². The molecule has 0 aromatic heterocycles. The van der Waals surface area contributed by atoms with Gasteiger partial charge in [-0.1, -0.05) is 0 Å². The summed E-state index contributed by atoms with van der Waals surface area (Å²) in [6, 6.07) is 3.82. The number of benzene rings is 1. The van der Waals surface area contributed by atoms with Crippen LogP contribution < -0.4 is 4.74 Å². The van der Waals surface area contributed by atoms with Gasteiger partial charge in [-0.3, -0.25) is 4.79 Å². The Kier molecular flexibility index (Phi) is 4.94. The van der Waals surface area contributed by atoms with E-state index in [0.717, 1.165) is 12.1 Å². The summed E-state index contributed by atoms with van der Waals surface area (Å²) in [6.45, 7) is -1.66. The summed E-state index contributed by atoms with van der Waals surface area (Å²) in [5, 5.41) is 8.81. The monoisotopic (exact) mass is 269 g/mol. The summed E-state index contributed by atoms with van der Waals surface area (Å²) in [7, 11) is 0. The van der Waals surface area contributed by atoms with E-state index in [0.29, 0.717) is 0 Å².